The Labute approximate surface area is 76.0 Å². The minimum Gasteiger partial charge on any atom is -0.504 e. The van der Waals surface area contributed by atoms with Crippen molar-refractivity contribution < 1.29 is 14.6 Å². The Balaban J connectivity index is 2.50. The Morgan fingerprint density at radius 1 is 1.31 bits per heavy atom. The summed E-state index contributed by atoms with van der Waals surface area (Å²) in [4.78, 5) is 11.1. The van der Waals surface area contributed by atoms with Crippen LogP contribution in [0.5, 0.6) is 11.5 Å². The van der Waals surface area contributed by atoms with Crippen molar-refractivity contribution in [1.82, 2.24) is 0 Å². The number of phenolic OH excluding ortho intramolecular Hbond substituents is 1. The molecule has 13 heavy (non-hydrogen) atoms. The van der Waals surface area contributed by atoms with Crippen LogP contribution in [0.3, 0.4) is 0 Å². The van der Waals surface area contributed by atoms with E-state index in [-0.39, 0.29) is 11.5 Å². The van der Waals surface area contributed by atoms with Crippen LogP contribution in [0, 0.1) is 0 Å². The highest BCUT2D eigenvalue weighted by atomic mass is 16.5. The topological polar surface area (TPSA) is 46.5 Å². The first-order valence-corrected chi connectivity index (χ1v) is 4.11. The van der Waals surface area contributed by atoms with Crippen molar-refractivity contribution >= 4 is 5.78 Å². The van der Waals surface area contributed by atoms with Crippen LogP contribution in [0.4, 0.5) is 0 Å². The molecule has 0 fully saturated rings. The molecule has 0 saturated heterocycles. The molecule has 0 aromatic heterocycles. The summed E-state index contributed by atoms with van der Waals surface area (Å²) in [6, 6.07) is 3.34. The maximum atomic E-state index is 11.1. The molecule has 3 nitrogen and oxygen atoms in total. The van der Waals surface area contributed by atoms with Crippen LogP contribution < -0.4 is 4.74 Å². The van der Waals surface area contributed by atoms with Gasteiger partial charge in [0.1, 0.15) is 5.78 Å². The van der Waals surface area contributed by atoms with Crippen LogP contribution in [-0.4, -0.2) is 18.0 Å². The molecule has 0 amide bonds. The fourth-order valence-electron chi connectivity index (χ4n) is 1.63. The summed E-state index contributed by atoms with van der Waals surface area (Å²) in [5.41, 5.74) is 1.89. The normalized spacial score (nSPS) is 14.4. The molecule has 0 radical (unpaired) electrons. The van der Waals surface area contributed by atoms with Gasteiger partial charge in [0.2, 0.25) is 0 Å². The maximum Gasteiger partial charge on any atom is 0.160 e. The quantitative estimate of drug-likeness (QED) is 0.699. The van der Waals surface area contributed by atoms with Crippen molar-refractivity contribution in [3.05, 3.63) is 23.3 Å². The summed E-state index contributed by atoms with van der Waals surface area (Å²) >= 11 is 0. The number of ether oxygens (including phenoxy) is 1. The van der Waals surface area contributed by atoms with Gasteiger partial charge in [-0.2, -0.15) is 0 Å². The third kappa shape index (κ3) is 1.26. The Hall–Kier alpha value is -1.51. The van der Waals surface area contributed by atoms with Crippen molar-refractivity contribution in [2.75, 3.05) is 7.11 Å². The molecule has 1 N–H and O–H groups in total. The zero-order chi connectivity index (χ0) is 9.42. The van der Waals surface area contributed by atoms with Crippen molar-refractivity contribution in [3.63, 3.8) is 0 Å². The van der Waals surface area contributed by atoms with Gasteiger partial charge < -0.3 is 9.84 Å². The van der Waals surface area contributed by atoms with E-state index in [4.69, 9.17) is 4.74 Å². The SMILES string of the molecule is COc1cc2c(cc1O)CC(=O)C2. The average molecular weight is 178 g/mol. The molecule has 1 aromatic rings. The molecule has 0 bridgehead atoms. The van der Waals surface area contributed by atoms with E-state index in [1.54, 1.807) is 12.1 Å². The van der Waals surface area contributed by atoms with Gasteiger partial charge in [0.15, 0.2) is 11.5 Å². The van der Waals surface area contributed by atoms with Crippen LogP contribution >= 0.6 is 0 Å². The number of benzene rings is 1. The van der Waals surface area contributed by atoms with Gasteiger partial charge >= 0.3 is 0 Å². The molecule has 0 atom stereocenters. The number of aromatic hydroxyl groups is 1. The number of ketones is 1. The molecular formula is C10H10O3. The van der Waals surface area contributed by atoms with Gasteiger partial charge in [0, 0.05) is 12.8 Å². The van der Waals surface area contributed by atoms with Crippen molar-refractivity contribution in [3.8, 4) is 11.5 Å². The number of phenols is 1. The number of carbonyl (C=O) groups excluding carboxylic acids is 1. The largest absolute Gasteiger partial charge is 0.504 e. The van der Waals surface area contributed by atoms with E-state index in [0.717, 1.165) is 11.1 Å². The van der Waals surface area contributed by atoms with Gasteiger partial charge in [-0.3, -0.25) is 4.79 Å². The highest BCUT2D eigenvalue weighted by Crippen LogP contribution is 2.32. The minimum absolute atomic E-state index is 0.107. The molecule has 0 saturated carbocycles. The molecule has 2 rings (SSSR count). The van der Waals surface area contributed by atoms with Crippen molar-refractivity contribution in [2.45, 2.75) is 12.8 Å². The molecule has 1 aromatic carbocycles. The van der Waals surface area contributed by atoms with Gasteiger partial charge in [-0.1, -0.05) is 0 Å². The first kappa shape index (κ1) is 8.10. The lowest BCUT2D eigenvalue weighted by Gasteiger charge is -2.05. The monoisotopic (exact) mass is 178 g/mol. The molecule has 0 aliphatic heterocycles. The highest BCUT2D eigenvalue weighted by molar-refractivity contribution is 5.88. The van der Waals surface area contributed by atoms with Crippen molar-refractivity contribution in [1.29, 1.82) is 0 Å². The van der Waals surface area contributed by atoms with E-state index in [1.807, 2.05) is 0 Å². The molecule has 1 aliphatic carbocycles. The number of fused-ring (bicyclic) bond motifs is 1. The summed E-state index contributed by atoms with van der Waals surface area (Å²) in [6.07, 6.45) is 0.902. The summed E-state index contributed by atoms with van der Waals surface area (Å²) in [5, 5.41) is 9.42. The van der Waals surface area contributed by atoms with Gasteiger partial charge in [0.25, 0.3) is 0 Å². The zero-order valence-corrected chi connectivity index (χ0v) is 7.33. The molecular weight excluding hydrogens is 168 g/mol. The summed E-state index contributed by atoms with van der Waals surface area (Å²) in [6.45, 7) is 0. The summed E-state index contributed by atoms with van der Waals surface area (Å²) in [7, 11) is 1.50. The summed E-state index contributed by atoms with van der Waals surface area (Å²) in [5.74, 6) is 0.743. The van der Waals surface area contributed by atoms with E-state index in [9.17, 15) is 9.90 Å². The first-order valence-electron chi connectivity index (χ1n) is 4.11. The predicted octanol–water partition coefficient (Wildman–Crippen LogP) is 1.07. The maximum absolute atomic E-state index is 11.1. The predicted molar refractivity (Wildman–Crippen MR) is 47.1 cm³/mol. The highest BCUT2D eigenvalue weighted by Gasteiger charge is 2.20. The Morgan fingerprint density at radius 2 is 1.92 bits per heavy atom. The first-order chi connectivity index (χ1) is 6.20. The second-order valence-electron chi connectivity index (χ2n) is 3.18. The number of hydrogen-bond acceptors (Lipinski definition) is 3. The smallest absolute Gasteiger partial charge is 0.160 e. The number of carbonyl (C=O) groups is 1. The van der Waals surface area contributed by atoms with Crippen LogP contribution in [0.15, 0.2) is 12.1 Å². The van der Waals surface area contributed by atoms with E-state index in [1.165, 1.54) is 7.11 Å². The van der Waals surface area contributed by atoms with E-state index in [2.05, 4.69) is 0 Å². The lowest BCUT2D eigenvalue weighted by Crippen LogP contribution is -1.92. The van der Waals surface area contributed by atoms with Gasteiger partial charge in [0.05, 0.1) is 7.11 Å². The average Bonchev–Trinajstić information content (AvgIpc) is 2.42. The fourth-order valence-corrected chi connectivity index (χ4v) is 1.63. The van der Waals surface area contributed by atoms with Crippen LogP contribution in [0.2, 0.25) is 0 Å². The molecule has 0 heterocycles. The molecule has 1 aliphatic rings. The third-order valence-electron chi connectivity index (χ3n) is 2.28. The summed E-state index contributed by atoms with van der Waals surface area (Å²) < 4.78 is 4.94. The van der Waals surface area contributed by atoms with Crippen molar-refractivity contribution in [2.24, 2.45) is 0 Å². The Bertz CT molecular complexity index is 369. The molecule has 3 heteroatoms. The fraction of sp³-hybridized carbons (Fsp3) is 0.300. The van der Waals surface area contributed by atoms with Gasteiger partial charge in [-0.25, -0.2) is 0 Å². The lowest BCUT2D eigenvalue weighted by molar-refractivity contribution is -0.117. The lowest BCUT2D eigenvalue weighted by atomic mass is 10.1. The number of hydrogen-bond donors (Lipinski definition) is 1. The van der Waals surface area contributed by atoms with Gasteiger partial charge in [-0.15, -0.1) is 0 Å². The molecule has 68 valence electrons. The Kier molecular flexibility index (Phi) is 1.72. The Morgan fingerprint density at radius 3 is 2.54 bits per heavy atom. The second kappa shape index (κ2) is 2.76. The van der Waals surface area contributed by atoms with E-state index in [0.29, 0.717) is 18.6 Å². The third-order valence-corrected chi connectivity index (χ3v) is 2.28. The van der Waals surface area contributed by atoms with Crippen LogP contribution in [0.1, 0.15) is 11.1 Å². The van der Waals surface area contributed by atoms with Crippen LogP contribution in [-0.2, 0) is 17.6 Å². The van der Waals surface area contributed by atoms with Crippen LogP contribution in [0.25, 0.3) is 0 Å². The van der Waals surface area contributed by atoms with E-state index < -0.39 is 0 Å². The number of Topliss-reactive ketones (excluding diaryl/α,β-unsaturated/α-hetero) is 1. The van der Waals surface area contributed by atoms with E-state index >= 15 is 0 Å². The minimum atomic E-state index is 0.107. The molecule has 0 unspecified atom stereocenters. The zero-order valence-electron chi connectivity index (χ0n) is 7.33. The standard InChI is InChI=1S/C10H10O3/c1-13-10-5-7-3-8(11)2-6(7)4-9(10)12/h4-5,12H,2-3H2,1H3. The van der Waals surface area contributed by atoms with Gasteiger partial charge in [-0.05, 0) is 23.3 Å². The molecule has 0 spiro atoms. The number of methoxy groups -OCH3 is 1. The number of rotatable bonds is 1. The second-order valence-corrected chi connectivity index (χ2v) is 3.18.